The van der Waals surface area contributed by atoms with Crippen LogP contribution in [0.3, 0.4) is 0 Å². The van der Waals surface area contributed by atoms with Gasteiger partial charge in [-0.05, 0) is 35.9 Å². The van der Waals surface area contributed by atoms with Crippen molar-refractivity contribution in [1.29, 1.82) is 5.26 Å². The lowest BCUT2D eigenvalue weighted by atomic mass is 10.00. The Hall–Kier alpha value is -3.46. The summed E-state index contributed by atoms with van der Waals surface area (Å²) in [7, 11) is 1.38. The summed E-state index contributed by atoms with van der Waals surface area (Å²) in [5.74, 6) is -1.82. The quantitative estimate of drug-likeness (QED) is 0.331. The van der Waals surface area contributed by atoms with Crippen LogP contribution in [0.1, 0.15) is 29.8 Å². The van der Waals surface area contributed by atoms with Crippen molar-refractivity contribution in [3.05, 3.63) is 65.0 Å². The van der Waals surface area contributed by atoms with Crippen LogP contribution in [0.2, 0.25) is 0 Å². The third kappa shape index (κ3) is 4.79. The summed E-state index contributed by atoms with van der Waals surface area (Å²) in [6.45, 7) is 3.42. The number of hydrogen-bond acceptors (Lipinski definition) is 5. The van der Waals surface area contributed by atoms with Crippen molar-refractivity contribution in [1.82, 2.24) is 0 Å². The van der Waals surface area contributed by atoms with Gasteiger partial charge in [-0.25, -0.2) is 9.18 Å². The van der Waals surface area contributed by atoms with E-state index in [4.69, 9.17) is 9.47 Å². The van der Waals surface area contributed by atoms with E-state index in [0.29, 0.717) is 5.56 Å². The zero-order chi connectivity index (χ0) is 20.0. The van der Waals surface area contributed by atoms with Crippen LogP contribution in [0.4, 0.5) is 4.39 Å². The van der Waals surface area contributed by atoms with Gasteiger partial charge in [0.15, 0.2) is 17.3 Å². The molecule has 0 saturated heterocycles. The second-order valence-corrected chi connectivity index (χ2v) is 5.97. The Balaban J connectivity index is 2.31. The number of carbonyl (C=O) groups is 2. The van der Waals surface area contributed by atoms with Crippen molar-refractivity contribution in [2.75, 3.05) is 7.11 Å². The molecule has 0 spiro atoms. The molecule has 5 nitrogen and oxygen atoms in total. The monoisotopic (exact) mass is 367 g/mol. The summed E-state index contributed by atoms with van der Waals surface area (Å²) in [6.07, 6.45) is 1.44. The third-order valence-corrected chi connectivity index (χ3v) is 3.71. The van der Waals surface area contributed by atoms with E-state index in [1.807, 2.05) is 6.07 Å². The van der Waals surface area contributed by atoms with Crippen LogP contribution < -0.4 is 9.47 Å². The van der Waals surface area contributed by atoms with Gasteiger partial charge in [-0.3, -0.25) is 4.79 Å². The minimum absolute atomic E-state index is 0.0168. The van der Waals surface area contributed by atoms with Crippen LogP contribution in [0.5, 0.6) is 11.5 Å². The van der Waals surface area contributed by atoms with Crippen molar-refractivity contribution in [2.45, 2.75) is 13.8 Å². The summed E-state index contributed by atoms with van der Waals surface area (Å²) < 4.78 is 24.1. The molecule has 0 N–H and O–H groups in total. The molecule has 0 unspecified atom stereocenters. The van der Waals surface area contributed by atoms with E-state index in [0.717, 1.165) is 6.07 Å². The molecule has 27 heavy (non-hydrogen) atoms. The molecule has 2 rings (SSSR count). The molecule has 6 heteroatoms. The van der Waals surface area contributed by atoms with E-state index >= 15 is 0 Å². The summed E-state index contributed by atoms with van der Waals surface area (Å²) in [4.78, 5) is 24.2. The van der Waals surface area contributed by atoms with Gasteiger partial charge in [-0.1, -0.05) is 32.0 Å². The lowest BCUT2D eigenvalue weighted by molar-refractivity contribution is -0.117. The largest absolute Gasteiger partial charge is 0.493 e. The number of nitrogens with zero attached hydrogens (tertiary/aromatic N) is 1. The fourth-order valence-electron chi connectivity index (χ4n) is 2.28. The van der Waals surface area contributed by atoms with Gasteiger partial charge in [0.2, 0.25) is 0 Å². The van der Waals surface area contributed by atoms with Crippen molar-refractivity contribution in [2.24, 2.45) is 5.92 Å². The van der Waals surface area contributed by atoms with Gasteiger partial charge in [0.25, 0.3) is 0 Å². The number of benzene rings is 2. The Morgan fingerprint density at radius 3 is 2.44 bits per heavy atom. The first-order chi connectivity index (χ1) is 12.9. The normalized spacial score (nSPS) is 11.0. The van der Waals surface area contributed by atoms with E-state index in [1.165, 1.54) is 43.5 Å². The van der Waals surface area contributed by atoms with Gasteiger partial charge in [0, 0.05) is 5.92 Å². The minimum atomic E-state index is -0.859. The Morgan fingerprint density at radius 1 is 1.15 bits per heavy atom. The molecule has 138 valence electrons. The SMILES string of the molecule is COc1cc(/C=C(/C#N)C(=O)C(C)C)ccc1OC(=O)c1ccccc1F. The fraction of sp³-hybridized carbons (Fsp3) is 0.190. The molecule has 0 saturated carbocycles. The molecule has 0 bridgehead atoms. The lowest BCUT2D eigenvalue weighted by Crippen LogP contribution is -2.11. The average Bonchev–Trinajstić information content (AvgIpc) is 2.66. The van der Waals surface area contributed by atoms with Gasteiger partial charge >= 0.3 is 5.97 Å². The zero-order valence-electron chi connectivity index (χ0n) is 15.2. The molecule has 0 fully saturated rings. The predicted molar refractivity (Wildman–Crippen MR) is 97.8 cm³/mol. The molecule has 0 radical (unpaired) electrons. The fourth-order valence-corrected chi connectivity index (χ4v) is 2.28. The molecule has 2 aromatic carbocycles. The molecule has 0 aliphatic rings. The zero-order valence-corrected chi connectivity index (χ0v) is 15.2. The number of rotatable bonds is 6. The molecule has 0 aliphatic heterocycles. The number of allylic oxidation sites excluding steroid dienone is 1. The molecule has 2 aromatic rings. The third-order valence-electron chi connectivity index (χ3n) is 3.71. The van der Waals surface area contributed by atoms with E-state index < -0.39 is 11.8 Å². The Bertz CT molecular complexity index is 941. The highest BCUT2D eigenvalue weighted by Crippen LogP contribution is 2.30. The second-order valence-electron chi connectivity index (χ2n) is 5.97. The summed E-state index contributed by atoms with van der Waals surface area (Å²) in [6, 6.07) is 11.9. The lowest BCUT2D eigenvalue weighted by Gasteiger charge is -2.10. The molecule has 0 heterocycles. The molecular formula is C21H18FNO4. The smallest absolute Gasteiger partial charge is 0.346 e. The number of hydrogen-bond donors (Lipinski definition) is 0. The van der Waals surface area contributed by atoms with Crippen molar-refractivity contribution < 1.29 is 23.5 Å². The molecule has 0 aromatic heterocycles. The topological polar surface area (TPSA) is 76.4 Å². The molecule has 0 atom stereocenters. The van der Waals surface area contributed by atoms with E-state index in [-0.39, 0.29) is 34.3 Å². The minimum Gasteiger partial charge on any atom is -0.493 e. The van der Waals surface area contributed by atoms with Crippen molar-refractivity contribution in [3.8, 4) is 17.6 Å². The highest BCUT2D eigenvalue weighted by Gasteiger charge is 2.17. The Labute approximate surface area is 156 Å². The molecular weight excluding hydrogens is 349 g/mol. The van der Waals surface area contributed by atoms with Crippen molar-refractivity contribution >= 4 is 17.8 Å². The van der Waals surface area contributed by atoms with E-state index in [9.17, 15) is 19.2 Å². The van der Waals surface area contributed by atoms with Gasteiger partial charge in [-0.2, -0.15) is 5.26 Å². The van der Waals surface area contributed by atoms with Gasteiger partial charge in [0.05, 0.1) is 18.2 Å². The Morgan fingerprint density at radius 2 is 1.85 bits per heavy atom. The maximum Gasteiger partial charge on any atom is 0.346 e. The summed E-state index contributed by atoms with van der Waals surface area (Å²) in [5.41, 5.74) is 0.351. The van der Waals surface area contributed by atoms with Crippen LogP contribution in [0.25, 0.3) is 6.08 Å². The first kappa shape index (κ1) is 19.9. The Kier molecular flexibility index (Phi) is 6.45. The predicted octanol–water partition coefficient (Wildman–Crippen LogP) is 4.19. The number of ketones is 1. The first-order valence-electron chi connectivity index (χ1n) is 8.18. The summed E-state index contributed by atoms with van der Waals surface area (Å²) in [5, 5.41) is 9.18. The van der Waals surface area contributed by atoms with Crippen LogP contribution in [0, 0.1) is 23.1 Å². The maximum absolute atomic E-state index is 13.7. The van der Waals surface area contributed by atoms with Gasteiger partial charge in [-0.15, -0.1) is 0 Å². The number of carbonyl (C=O) groups excluding carboxylic acids is 2. The van der Waals surface area contributed by atoms with Gasteiger partial charge < -0.3 is 9.47 Å². The van der Waals surface area contributed by atoms with Gasteiger partial charge in [0.1, 0.15) is 11.9 Å². The number of halogens is 1. The highest BCUT2D eigenvalue weighted by atomic mass is 19.1. The second kappa shape index (κ2) is 8.77. The standard InChI is InChI=1S/C21H18FNO4/c1-13(2)20(24)15(12-23)10-14-8-9-18(19(11-14)26-3)27-21(25)16-6-4-5-7-17(16)22/h4-11,13H,1-3H3/b15-10-. The van der Waals surface area contributed by atoms with Crippen LogP contribution >= 0.6 is 0 Å². The van der Waals surface area contributed by atoms with Crippen LogP contribution in [0.15, 0.2) is 48.0 Å². The van der Waals surface area contributed by atoms with E-state index in [1.54, 1.807) is 19.9 Å². The number of ether oxygens (including phenoxy) is 2. The molecule has 0 amide bonds. The highest BCUT2D eigenvalue weighted by molar-refractivity contribution is 6.04. The van der Waals surface area contributed by atoms with Crippen molar-refractivity contribution in [3.63, 3.8) is 0 Å². The summed E-state index contributed by atoms with van der Waals surface area (Å²) >= 11 is 0. The molecule has 0 aliphatic carbocycles. The van der Waals surface area contributed by atoms with Crippen LogP contribution in [-0.2, 0) is 4.79 Å². The first-order valence-corrected chi connectivity index (χ1v) is 8.18. The maximum atomic E-state index is 13.7. The number of Topliss-reactive ketones (excluding diaryl/α,β-unsaturated/α-hetero) is 1. The average molecular weight is 367 g/mol. The van der Waals surface area contributed by atoms with E-state index in [2.05, 4.69) is 0 Å². The number of esters is 1. The number of methoxy groups -OCH3 is 1. The van der Waals surface area contributed by atoms with Crippen LogP contribution in [-0.4, -0.2) is 18.9 Å². The number of nitriles is 1.